The molecule has 3 rings (SSSR count). The van der Waals surface area contributed by atoms with Crippen molar-refractivity contribution in [2.24, 2.45) is 0 Å². The van der Waals surface area contributed by atoms with Crippen LogP contribution in [0.2, 0.25) is 0 Å². The first-order valence-corrected chi connectivity index (χ1v) is 9.75. The molecule has 1 aliphatic heterocycles. The highest BCUT2D eigenvalue weighted by molar-refractivity contribution is 7.09. The maximum Gasteiger partial charge on any atom is 0.236 e. The van der Waals surface area contributed by atoms with Gasteiger partial charge in [-0.2, -0.15) is 0 Å². The molecule has 0 radical (unpaired) electrons. The molecule has 2 heterocycles. The van der Waals surface area contributed by atoms with E-state index in [0.717, 1.165) is 32.7 Å². The molecule has 0 saturated carbocycles. The highest BCUT2D eigenvalue weighted by atomic mass is 32.1. The van der Waals surface area contributed by atoms with Crippen LogP contribution in [0.5, 0.6) is 0 Å². The van der Waals surface area contributed by atoms with Gasteiger partial charge in [-0.25, -0.2) is 0 Å². The molecule has 1 aromatic heterocycles. The number of carbonyl (C=O) groups is 1. The van der Waals surface area contributed by atoms with Crippen molar-refractivity contribution < 1.29 is 4.79 Å². The molecule has 1 aromatic carbocycles. The predicted molar refractivity (Wildman–Crippen MR) is 104 cm³/mol. The minimum atomic E-state index is 0.209. The van der Waals surface area contributed by atoms with Gasteiger partial charge in [-0.15, -0.1) is 11.3 Å². The summed E-state index contributed by atoms with van der Waals surface area (Å²) in [6.45, 7) is 8.39. The molecular weight excluding hydrogens is 330 g/mol. The van der Waals surface area contributed by atoms with Crippen LogP contribution >= 0.6 is 11.3 Å². The van der Waals surface area contributed by atoms with Gasteiger partial charge >= 0.3 is 0 Å². The third-order valence-corrected chi connectivity index (χ3v) is 5.74. The van der Waals surface area contributed by atoms with Crippen molar-refractivity contribution in [3.05, 3.63) is 57.8 Å². The van der Waals surface area contributed by atoms with E-state index < -0.39 is 0 Å². The molecule has 25 heavy (non-hydrogen) atoms. The highest BCUT2D eigenvalue weighted by Gasteiger charge is 2.21. The first-order chi connectivity index (χ1) is 12.1. The molecule has 1 amide bonds. The number of hydrogen-bond acceptors (Lipinski definition) is 4. The summed E-state index contributed by atoms with van der Waals surface area (Å²) in [4.78, 5) is 20.3. The smallest absolute Gasteiger partial charge is 0.236 e. The lowest BCUT2D eigenvalue weighted by molar-refractivity contribution is -0.132. The first kappa shape index (κ1) is 18.1. The Balaban J connectivity index is 1.43. The number of rotatable bonds is 6. The number of thiophene rings is 1. The lowest BCUT2D eigenvalue weighted by atomic mass is 10.1. The summed E-state index contributed by atoms with van der Waals surface area (Å²) in [7, 11) is 1.90. The minimum Gasteiger partial charge on any atom is -0.340 e. The van der Waals surface area contributed by atoms with Gasteiger partial charge in [0.15, 0.2) is 0 Å². The summed E-state index contributed by atoms with van der Waals surface area (Å²) in [6.07, 6.45) is 0. The Bertz CT molecular complexity index is 678. The normalized spacial score (nSPS) is 16.1. The summed E-state index contributed by atoms with van der Waals surface area (Å²) in [5, 5.41) is 2.06. The maximum atomic E-state index is 12.4. The zero-order valence-corrected chi connectivity index (χ0v) is 16.0. The first-order valence-electron chi connectivity index (χ1n) is 8.87. The molecule has 5 heteroatoms. The third kappa shape index (κ3) is 5.14. The van der Waals surface area contributed by atoms with E-state index >= 15 is 0 Å². The lowest BCUT2D eigenvalue weighted by Gasteiger charge is -2.35. The van der Waals surface area contributed by atoms with Crippen molar-refractivity contribution in [2.75, 3.05) is 39.8 Å². The Labute approximate surface area is 154 Å². The second kappa shape index (κ2) is 8.61. The average molecular weight is 358 g/mol. The van der Waals surface area contributed by atoms with Crippen LogP contribution in [-0.2, 0) is 17.9 Å². The molecular formula is C20H27N3OS. The third-order valence-electron chi connectivity index (χ3n) is 4.88. The van der Waals surface area contributed by atoms with E-state index in [-0.39, 0.29) is 5.91 Å². The largest absolute Gasteiger partial charge is 0.340 e. The Kier molecular flexibility index (Phi) is 6.24. The second-order valence-electron chi connectivity index (χ2n) is 6.81. The van der Waals surface area contributed by atoms with Crippen LogP contribution in [0.25, 0.3) is 0 Å². The van der Waals surface area contributed by atoms with Crippen molar-refractivity contribution in [3.63, 3.8) is 0 Å². The molecule has 134 valence electrons. The molecule has 0 aliphatic carbocycles. The van der Waals surface area contributed by atoms with Crippen LogP contribution < -0.4 is 0 Å². The number of benzene rings is 1. The van der Waals surface area contributed by atoms with Gasteiger partial charge in [0, 0.05) is 44.6 Å². The summed E-state index contributed by atoms with van der Waals surface area (Å²) in [5.74, 6) is 0.209. The fraction of sp³-hybridized carbons (Fsp3) is 0.450. The Morgan fingerprint density at radius 3 is 2.48 bits per heavy atom. The Morgan fingerprint density at radius 1 is 1.08 bits per heavy atom. The van der Waals surface area contributed by atoms with Gasteiger partial charge in [0.25, 0.3) is 0 Å². The molecule has 0 spiro atoms. The Hall–Kier alpha value is -1.69. The summed E-state index contributed by atoms with van der Waals surface area (Å²) in [5.41, 5.74) is 2.76. The fourth-order valence-electron chi connectivity index (χ4n) is 3.17. The van der Waals surface area contributed by atoms with Gasteiger partial charge in [0.2, 0.25) is 5.91 Å². The van der Waals surface area contributed by atoms with Crippen LogP contribution in [-0.4, -0.2) is 60.4 Å². The molecule has 0 unspecified atom stereocenters. The summed E-state index contributed by atoms with van der Waals surface area (Å²) in [6, 6.07) is 12.7. The van der Waals surface area contributed by atoms with Gasteiger partial charge in [-0.1, -0.05) is 30.3 Å². The fourth-order valence-corrected chi connectivity index (χ4v) is 3.93. The van der Waals surface area contributed by atoms with Gasteiger partial charge in [-0.05, 0) is 29.5 Å². The molecule has 0 N–H and O–H groups in total. The van der Waals surface area contributed by atoms with Crippen molar-refractivity contribution in [3.8, 4) is 0 Å². The lowest BCUT2D eigenvalue weighted by Crippen LogP contribution is -2.49. The number of carbonyl (C=O) groups excluding carboxylic acids is 1. The van der Waals surface area contributed by atoms with E-state index in [1.54, 1.807) is 11.3 Å². The van der Waals surface area contributed by atoms with Gasteiger partial charge in [-0.3, -0.25) is 14.6 Å². The highest BCUT2D eigenvalue weighted by Crippen LogP contribution is 2.13. The van der Waals surface area contributed by atoms with Crippen LogP contribution in [0.3, 0.4) is 0 Å². The van der Waals surface area contributed by atoms with E-state index in [0.29, 0.717) is 13.1 Å². The van der Waals surface area contributed by atoms with Crippen LogP contribution in [0.4, 0.5) is 0 Å². The van der Waals surface area contributed by atoms with Gasteiger partial charge in [0.05, 0.1) is 13.1 Å². The second-order valence-corrected chi connectivity index (χ2v) is 7.84. The van der Waals surface area contributed by atoms with E-state index in [9.17, 15) is 4.79 Å². The van der Waals surface area contributed by atoms with E-state index in [1.165, 1.54) is 16.0 Å². The zero-order chi connectivity index (χ0) is 17.6. The predicted octanol–water partition coefficient (Wildman–Crippen LogP) is 2.83. The SMILES string of the molecule is Cc1ccccc1CN1CCN(CC(=O)N(C)Cc2cccs2)CC1. The molecule has 0 atom stereocenters. The number of amides is 1. The van der Waals surface area contributed by atoms with Gasteiger partial charge in [0.1, 0.15) is 0 Å². The molecule has 1 aliphatic rings. The molecule has 0 bridgehead atoms. The van der Waals surface area contributed by atoms with E-state index in [1.807, 2.05) is 18.0 Å². The summed E-state index contributed by atoms with van der Waals surface area (Å²) < 4.78 is 0. The van der Waals surface area contributed by atoms with Crippen LogP contribution in [0.15, 0.2) is 41.8 Å². The van der Waals surface area contributed by atoms with Crippen molar-refractivity contribution in [1.29, 1.82) is 0 Å². The van der Waals surface area contributed by atoms with E-state index in [2.05, 4.69) is 52.4 Å². The minimum absolute atomic E-state index is 0.209. The van der Waals surface area contributed by atoms with Crippen LogP contribution in [0.1, 0.15) is 16.0 Å². The number of hydrogen-bond donors (Lipinski definition) is 0. The molecule has 2 aromatic rings. The van der Waals surface area contributed by atoms with E-state index in [4.69, 9.17) is 0 Å². The van der Waals surface area contributed by atoms with Crippen molar-refractivity contribution in [2.45, 2.75) is 20.0 Å². The van der Waals surface area contributed by atoms with Gasteiger partial charge < -0.3 is 4.90 Å². The summed E-state index contributed by atoms with van der Waals surface area (Å²) >= 11 is 1.70. The Morgan fingerprint density at radius 2 is 1.80 bits per heavy atom. The zero-order valence-electron chi connectivity index (χ0n) is 15.1. The van der Waals surface area contributed by atoms with Crippen molar-refractivity contribution in [1.82, 2.24) is 14.7 Å². The monoisotopic (exact) mass is 357 g/mol. The number of aryl methyl sites for hydroxylation is 1. The molecule has 1 saturated heterocycles. The van der Waals surface area contributed by atoms with Crippen molar-refractivity contribution >= 4 is 17.2 Å². The topological polar surface area (TPSA) is 26.8 Å². The number of nitrogens with zero attached hydrogens (tertiary/aromatic N) is 3. The number of piperazine rings is 1. The average Bonchev–Trinajstić information content (AvgIpc) is 3.11. The quantitative estimate of drug-likeness (QED) is 0.795. The molecule has 4 nitrogen and oxygen atoms in total. The van der Waals surface area contributed by atoms with Crippen LogP contribution in [0, 0.1) is 6.92 Å². The number of likely N-dealkylation sites (N-methyl/N-ethyl adjacent to an activating group) is 1. The standard InChI is InChI=1S/C20H27N3OS/c1-17-6-3-4-7-18(17)14-22-9-11-23(12-10-22)16-20(24)21(2)15-19-8-5-13-25-19/h3-8,13H,9-12,14-16H2,1-2H3. The maximum absolute atomic E-state index is 12.4. The molecule has 1 fully saturated rings.